The third kappa shape index (κ3) is 4.58. The van der Waals surface area contributed by atoms with Gasteiger partial charge in [0.2, 0.25) is 5.91 Å². The molecule has 4 nitrogen and oxygen atoms in total. The zero-order chi connectivity index (χ0) is 10.6. The van der Waals surface area contributed by atoms with E-state index in [0.29, 0.717) is 6.42 Å². The molecule has 0 bridgehead atoms. The van der Waals surface area contributed by atoms with Crippen LogP contribution >= 0.6 is 0 Å². The molecule has 1 aliphatic rings. The highest BCUT2D eigenvalue weighted by Crippen LogP contribution is 2.19. The lowest BCUT2D eigenvalue weighted by atomic mass is 10.0. The number of rotatable bonds is 4. The van der Waals surface area contributed by atoms with E-state index in [0.717, 1.165) is 12.8 Å². The first kappa shape index (κ1) is 11.5. The maximum Gasteiger partial charge on any atom is 0.245 e. The third-order valence-corrected chi connectivity index (χ3v) is 2.26. The van der Waals surface area contributed by atoms with Gasteiger partial charge in [-0.15, -0.1) is 0 Å². The second-order valence-electron chi connectivity index (χ2n) is 4.71. The third-order valence-electron chi connectivity index (χ3n) is 2.26. The Hall–Kier alpha value is -0.610. The van der Waals surface area contributed by atoms with Crippen molar-refractivity contribution in [3.8, 4) is 0 Å². The molecule has 0 aromatic carbocycles. The van der Waals surface area contributed by atoms with E-state index >= 15 is 0 Å². The first-order valence-corrected chi connectivity index (χ1v) is 5.21. The number of carbonyl (C=O) groups excluding carboxylic acids is 1. The molecule has 0 unspecified atom stereocenters. The molecule has 1 rings (SSSR count). The van der Waals surface area contributed by atoms with E-state index in [9.17, 15) is 4.79 Å². The normalized spacial score (nSPS) is 18.5. The van der Waals surface area contributed by atoms with Crippen molar-refractivity contribution in [2.75, 3.05) is 0 Å². The van der Waals surface area contributed by atoms with Crippen molar-refractivity contribution in [1.82, 2.24) is 5.48 Å². The molecule has 0 saturated heterocycles. The SMILES string of the molecule is CC(C)(N)CC(=O)NOC1CCCC1. The molecule has 1 saturated carbocycles. The van der Waals surface area contributed by atoms with E-state index in [1.165, 1.54) is 12.8 Å². The Kier molecular flexibility index (Phi) is 3.89. The fraction of sp³-hybridized carbons (Fsp3) is 0.900. The summed E-state index contributed by atoms with van der Waals surface area (Å²) in [4.78, 5) is 16.6. The van der Waals surface area contributed by atoms with Crippen LogP contribution in [0, 0.1) is 0 Å². The molecule has 0 heterocycles. The van der Waals surface area contributed by atoms with Crippen LogP contribution in [0.25, 0.3) is 0 Å². The first-order valence-electron chi connectivity index (χ1n) is 5.21. The average Bonchev–Trinajstić information content (AvgIpc) is 2.49. The van der Waals surface area contributed by atoms with E-state index < -0.39 is 5.54 Å². The predicted molar refractivity (Wildman–Crippen MR) is 54.4 cm³/mol. The monoisotopic (exact) mass is 200 g/mol. The standard InChI is InChI=1S/C10H20N2O2/c1-10(2,11)7-9(13)12-14-8-5-3-4-6-8/h8H,3-7,11H2,1-2H3,(H,12,13). The van der Waals surface area contributed by atoms with Crippen LogP contribution in [0.15, 0.2) is 0 Å². The Balaban J connectivity index is 2.14. The van der Waals surface area contributed by atoms with Gasteiger partial charge in [-0.1, -0.05) is 12.8 Å². The van der Waals surface area contributed by atoms with E-state index in [2.05, 4.69) is 5.48 Å². The van der Waals surface area contributed by atoms with E-state index in [1.54, 1.807) is 0 Å². The molecule has 4 heteroatoms. The minimum atomic E-state index is -0.469. The maximum absolute atomic E-state index is 11.3. The number of hydroxylamine groups is 1. The molecule has 0 atom stereocenters. The van der Waals surface area contributed by atoms with Crippen molar-refractivity contribution < 1.29 is 9.63 Å². The summed E-state index contributed by atoms with van der Waals surface area (Å²) >= 11 is 0. The van der Waals surface area contributed by atoms with Gasteiger partial charge in [-0.25, -0.2) is 5.48 Å². The van der Waals surface area contributed by atoms with Crippen LogP contribution < -0.4 is 11.2 Å². The smallest absolute Gasteiger partial charge is 0.245 e. The fourth-order valence-electron chi connectivity index (χ4n) is 1.61. The number of nitrogens with two attached hydrogens (primary N) is 1. The summed E-state index contributed by atoms with van der Waals surface area (Å²) < 4.78 is 0. The largest absolute Gasteiger partial charge is 0.325 e. The van der Waals surface area contributed by atoms with Crippen molar-refractivity contribution in [1.29, 1.82) is 0 Å². The second-order valence-corrected chi connectivity index (χ2v) is 4.71. The van der Waals surface area contributed by atoms with Crippen LogP contribution in [0.3, 0.4) is 0 Å². The molecule has 1 aliphatic carbocycles. The lowest BCUT2D eigenvalue weighted by Crippen LogP contribution is -2.39. The second kappa shape index (κ2) is 4.75. The molecule has 1 amide bonds. The van der Waals surface area contributed by atoms with Crippen LogP contribution in [0.2, 0.25) is 0 Å². The van der Waals surface area contributed by atoms with E-state index in [1.807, 2.05) is 13.8 Å². The lowest BCUT2D eigenvalue weighted by Gasteiger charge is -2.18. The molecule has 0 radical (unpaired) electrons. The average molecular weight is 200 g/mol. The van der Waals surface area contributed by atoms with Crippen molar-refractivity contribution in [2.45, 2.75) is 57.6 Å². The summed E-state index contributed by atoms with van der Waals surface area (Å²) in [5.74, 6) is -0.135. The summed E-state index contributed by atoms with van der Waals surface area (Å²) in [7, 11) is 0. The molecular weight excluding hydrogens is 180 g/mol. The number of hydrogen-bond acceptors (Lipinski definition) is 3. The molecule has 3 N–H and O–H groups in total. The maximum atomic E-state index is 11.3. The summed E-state index contributed by atoms with van der Waals surface area (Å²) in [5, 5.41) is 0. The minimum absolute atomic E-state index is 0.135. The van der Waals surface area contributed by atoms with Gasteiger partial charge in [-0.05, 0) is 26.7 Å². The Bertz CT molecular complexity index is 193. The lowest BCUT2D eigenvalue weighted by molar-refractivity contribution is -0.139. The van der Waals surface area contributed by atoms with Gasteiger partial charge < -0.3 is 5.73 Å². The highest BCUT2D eigenvalue weighted by atomic mass is 16.7. The Morgan fingerprint density at radius 1 is 1.50 bits per heavy atom. The summed E-state index contributed by atoms with van der Waals surface area (Å²) in [6.07, 6.45) is 4.99. The molecular formula is C10H20N2O2. The van der Waals surface area contributed by atoms with Crippen LogP contribution in [-0.2, 0) is 9.63 Å². The van der Waals surface area contributed by atoms with E-state index in [4.69, 9.17) is 10.6 Å². The highest BCUT2D eigenvalue weighted by Gasteiger charge is 2.19. The topological polar surface area (TPSA) is 64.4 Å². The summed E-state index contributed by atoms with van der Waals surface area (Å²) in [6.45, 7) is 3.64. The van der Waals surface area contributed by atoms with E-state index in [-0.39, 0.29) is 12.0 Å². The number of carbonyl (C=O) groups is 1. The fourth-order valence-corrected chi connectivity index (χ4v) is 1.61. The molecule has 82 valence electrons. The Morgan fingerprint density at radius 3 is 2.57 bits per heavy atom. The van der Waals surface area contributed by atoms with Gasteiger partial charge in [-0.3, -0.25) is 9.63 Å². The number of amides is 1. The van der Waals surface area contributed by atoms with Gasteiger partial charge in [-0.2, -0.15) is 0 Å². The number of nitrogens with one attached hydrogen (secondary N) is 1. The van der Waals surface area contributed by atoms with Gasteiger partial charge in [0.05, 0.1) is 6.10 Å². The Morgan fingerprint density at radius 2 is 2.07 bits per heavy atom. The van der Waals surface area contributed by atoms with Gasteiger partial charge >= 0.3 is 0 Å². The highest BCUT2D eigenvalue weighted by molar-refractivity contribution is 5.75. The molecule has 14 heavy (non-hydrogen) atoms. The zero-order valence-electron chi connectivity index (χ0n) is 9.01. The van der Waals surface area contributed by atoms with Gasteiger partial charge in [0.25, 0.3) is 0 Å². The quantitative estimate of drug-likeness (QED) is 0.668. The molecule has 1 fully saturated rings. The molecule has 0 aromatic rings. The van der Waals surface area contributed by atoms with Gasteiger partial charge in [0.1, 0.15) is 0 Å². The van der Waals surface area contributed by atoms with Crippen LogP contribution in [0.4, 0.5) is 0 Å². The van der Waals surface area contributed by atoms with Crippen molar-refractivity contribution in [3.63, 3.8) is 0 Å². The van der Waals surface area contributed by atoms with Crippen LogP contribution in [-0.4, -0.2) is 17.6 Å². The van der Waals surface area contributed by atoms with Crippen molar-refractivity contribution >= 4 is 5.91 Å². The predicted octanol–water partition coefficient (Wildman–Crippen LogP) is 1.10. The van der Waals surface area contributed by atoms with Gasteiger partial charge in [0, 0.05) is 12.0 Å². The minimum Gasteiger partial charge on any atom is -0.325 e. The zero-order valence-corrected chi connectivity index (χ0v) is 9.01. The summed E-state index contributed by atoms with van der Waals surface area (Å²) in [5.41, 5.74) is 7.70. The van der Waals surface area contributed by atoms with Crippen molar-refractivity contribution in [3.05, 3.63) is 0 Å². The molecule has 0 aromatic heterocycles. The molecule has 0 aliphatic heterocycles. The number of hydrogen-bond donors (Lipinski definition) is 2. The van der Waals surface area contributed by atoms with Crippen LogP contribution in [0.5, 0.6) is 0 Å². The summed E-state index contributed by atoms with van der Waals surface area (Å²) in [6, 6.07) is 0. The van der Waals surface area contributed by atoms with Gasteiger partial charge in [0.15, 0.2) is 0 Å². The van der Waals surface area contributed by atoms with Crippen LogP contribution in [0.1, 0.15) is 46.0 Å². The Labute approximate surface area is 85.1 Å². The first-order chi connectivity index (χ1) is 6.47. The van der Waals surface area contributed by atoms with Crippen molar-refractivity contribution in [2.24, 2.45) is 5.73 Å². The molecule has 0 spiro atoms.